The van der Waals surface area contributed by atoms with Crippen molar-refractivity contribution in [1.29, 1.82) is 0 Å². The van der Waals surface area contributed by atoms with E-state index in [0.29, 0.717) is 12.1 Å². The van der Waals surface area contributed by atoms with Crippen molar-refractivity contribution in [2.45, 2.75) is 38.3 Å². The molecule has 0 radical (unpaired) electrons. The molecule has 1 fully saturated rings. The first-order valence-electron chi connectivity index (χ1n) is 6.67. The molecule has 17 heavy (non-hydrogen) atoms. The molecule has 94 valence electrons. The van der Waals surface area contributed by atoms with Gasteiger partial charge in [0.15, 0.2) is 0 Å². The SMILES string of the molecule is CCOC1CC(CC(NC)c2ccccc2)C1. The van der Waals surface area contributed by atoms with Crippen LogP contribution in [0.1, 0.15) is 37.8 Å². The lowest BCUT2D eigenvalue weighted by atomic mass is 9.77. The average molecular weight is 233 g/mol. The Kier molecular flexibility index (Phi) is 4.57. The van der Waals surface area contributed by atoms with E-state index >= 15 is 0 Å². The molecule has 1 aromatic carbocycles. The van der Waals surface area contributed by atoms with Crippen LogP contribution in [0.2, 0.25) is 0 Å². The summed E-state index contributed by atoms with van der Waals surface area (Å²) in [4.78, 5) is 0. The first kappa shape index (κ1) is 12.6. The Morgan fingerprint density at radius 3 is 2.59 bits per heavy atom. The second-order valence-corrected chi connectivity index (χ2v) is 4.90. The van der Waals surface area contributed by atoms with Crippen LogP contribution < -0.4 is 5.32 Å². The molecule has 1 aliphatic carbocycles. The van der Waals surface area contributed by atoms with Crippen molar-refractivity contribution in [3.63, 3.8) is 0 Å². The maximum atomic E-state index is 5.61. The summed E-state index contributed by atoms with van der Waals surface area (Å²) in [5.41, 5.74) is 1.40. The first-order valence-corrected chi connectivity index (χ1v) is 6.67. The van der Waals surface area contributed by atoms with E-state index in [2.05, 4.69) is 49.6 Å². The van der Waals surface area contributed by atoms with Crippen LogP contribution in [0.4, 0.5) is 0 Å². The zero-order valence-corrected chi connectivity index (χ0v) is 10.9. The van der Waals surface area contributed by atoms with Crippen LogP contribution in [0.5, 0.6) is 0 Å². The van der Waals surface area contributed by atoms with Crippen molar-refractivity contribution >= 4 is 0 Å². The van der Waals surface area contributed by atoms with Crippen LogP contribution >= 0.6 is 0 Å². The first-order chi connectivity index (χ1) is 8.33. The van der Waals surface area contributed by atoms with Gasteiger partial charge in [-0.1, -0.05) is 30.3 Å². The summed E-state index contributed by atoms with van der Waals surface area (Å²) in [5.74, 6) is 0.823. The van der Waals surface area contributed by atoms with Crippen molar-refractivity contribution < 1.29 is 4.74 Å². The van der Waals surface area contributed by atoms with Gasteiger partial charge in [0.2, 0.25) is 0 Å². The van der Waals surface area contributed by atoms with Crippen LogP contribution in [-0.2, 0) is 4.74 Å². The van der Waals surface area contributed by atoms with Gasteiger partial charge in [0, 0.05) is 12.6 Å². The Morgan fingerprint density at radius 2 is 2.00 bits per heavy atom. The molecule has 2 heteroatoms. The smallest absolute Gasteiger partial charge is 0.0580 e. The Hall–Kier alpha value is -0.860. The van der Waals surface area contributed by atoms with Gasteiger partial charge in [-0.25, -0.2) is 0 Å². The predicted octanol–water partition coefficient (Wildman–Crippen LogP) is 3.15. The number of rotatable bonds is 6. The van der Waals surface area contributed by atoms with Crippen LogP contribution in [0.25, 0.3) is 0 Å². The van der Waals surface area contributed by atoms with Gasteiger partial charge in [0.1, 0.15) is 0 Å². The lowest BCUT2D eigenvalue weighted by molar-refractivity contribution is -0.0289. The molecule has 0 aromatic heterocycles. The van der Waals surface area contributed by atoms with Crippen LogP contribution in [-0.4, -0.2) is 19.8 Å². The van der Waals surface area contributed by atoms with Gasteiger partial charge in [-0.05, 0) is 44.7 Å². The zero-order valence-electron chi connectivity index (χ0n) is 10.9. The van der Waals surface area contributed by atoms with Crippen LogP contribution in [0, 0.1) is 5.92 Å². The van der Waals surface area contributed by atoms with E-state index in [0.717, 1.165) is 12.5 Å². The molecule has 0 heterocycles. The Morgan fingerprint density at radius 1 is 1.29 bits per heavy atom. The molecule has 1 N–H and O–H groups in total. The van der Waals surface area contributed by atoms with Gasteiger partial charge in [-0.3, -0.25) is 0 Å². The highest BCUT2D eigenvalue weighted by Crippen LogP contribution is 2.36. The third-order valence-electron chi connectivity index (χ3n) is 3.71. The molecular formula is C15H23NO. The standard InChI is InChI=1S/C15H23NO/c1-3-17-14-9-12(10-14)11-15(16-2)13-7-5-4-6-8-13/h4-8,12,14-16H,3,9-11H2,1-2H3. The van der Waals surface area contributed by atoms with Gasteiger partial charge in [0.25, 0.3) is 0 Å². The Bertz CT molecular complexity index is 319. The Labute approximate surface area is 104 Å². The fourth-order valence-electron chi connectivity index (χ4n) is 2.68. The third kappa shape index (κ3) is 3.30. The third-order valence-corrected chi connectivity index (χ3v) is 3.71. The van der Waals surface area contributed by atoms with Crippen LogP contribution in [0.15, 0.2) is 30.3 Å². The molecule has 0 saturated heterocycles. The fraction of sp³-hybridized carbons (Fsp3) is 0.600. The van der Waals surface area contributed by atoms with Gasteiger partial charge >= 0.3 is 0 Å². The average Bonchev–Trinajstić information content (AvgIpc) is 2.33. The molecule has 1 saturated carbocycles. The maximum Gasteiger partial charge on any atom is 0.0580 e. The van der Waals surface area contributed by atoms with Gasteiger partial charge in [-0.2, -0.15) is 0 Å². The Balaban J connectivity index is 1.82. The van der Waals surface area contributed by atoms with E-state index in [-0.39, 0.29) is 0 Å². The number of hydrogen-bond acceptors (Lipinski definition) is 2. The number of ether oxygens (including phenoxy) is 1. The van der Waals surface area contributed by atoms with Gasteiger partial charge in [0.05, 0.1) is 6.10 Å². The fourth-order valence-corrected chi connectivity index (χ4v) is 2.68. The van der Waals surface area contributed by atoms with E-state index in [1.165, 1.54) is 24.8 Å². The molecular weight excluding hydrogens is 210 g/mol. The molecule has 2 nitrogen and oxygen atoms in total. The molecule has 2 rings (SSSR count). The molecule has 0 bridgehead atoms. The minimum atomic E-state index is 0.490. The molecule has 1 aromatic rings. The van der Waals surface area contributed by atoms with E-state index < -0.39 is 0 Å². The highest BCUT2D eigenvalue weighted by Gasteiger charge is 2.31. The monoisotopic (exact) mass is 233 g/mol. The number of nitrogens with one attached hydrogen (secondary N) is 1. The summed E-state index contributed by atoms with van der Waals surface area (Å²) in [6, 6.07) is 11.2. The summed E-state index contributed by atoms with van der Waals surface area (Å²) >= 11 is 0. The van der Waals surface area contributed by atoms with E-state index in [4.69, 9.17) is 4.74 Å². The van der Waals surface area contributed by atoms with E-state index in [9.17, 15) is 0 Å². The maximum absolute atomic E-state index is 5.61. The lowest BCUT2D eigenvalue weighted by Gasteiger charge is -2.37. The minimum Gasteiger partial charge on any atom is -0.378 e. The summed E-state index contributed by atoms with van der Waals surface area (Å²) in [6.45, 7) is 2.93. The molecule has 1 unspecified atom stereocenters. The van der Waals surface area contributed by atoms with Crippen molar-refractivity contribution in [3.05, 3.63) is 35.9 Å². The molecule has 0 aliphatic heterocycles. The van der Waals surface area contributed by atoms with Crippen molar-refractivity contribution in [3.8, 4) is 0 Å². The van der Waals surface area contributed by atoms with Gasteiger partial charge in [-0.15, -0.1) is 0 Å². The summed E-state index contributed by atoms with van der Waals surface area (Å²) in [6.07, 6.45) is 4.22. The van der Waals surface area contributed by atoms with Crippen molar-refractivity contribution in [1.82, 2.24) is 5.32 Å². The van der Waals surface area contributed by atoms with Crippen LogP contribution in [0.3, 0.4) is 0 Å². The van der Waals surface area contributed by atoms with E-state index in [1.807, 2.05) is 0 Å². The summed E-state index contributed by atoms with van der Waals surface area (Å²) in [5, 5.41) is 3.42. The van der Waals surface area contributed by atoms with Crippen molar-refractivity contribution in [2.24, 2.45) is 5.92 Å². The second-order valence-electron chi connectivity index (χ2n) is 4.90. The quantitative estimate of drug-likeness (QED) is 0.815. The molecule has 1 atom stereocenters. The van der Waals surface area contributed by atoms with Crippen molar-refractivity contribution in [2.75, 3.05) is 13.7 Å². The van der Waals surface area contributed by atoms with Gasteiger partial charge < -0.3 is 10.1 Å². The normalized spacial score (nSPS) is 25.3. The highest BCUT2D eigenvalue weighted by molar-refractivity contribution is 5.19. The number of hydrogen-bond donors (Lipinski definition) is 1. The minimum absolute atomic E-state index is 0.490. The molecule has 0 spiro atoms. The largest absolute Gasteiger partial charge is 0.378 e. The highest BCUT2D eigenvalue weighted by atomic mass is 16.5. The molecule has 1 aliphatic rings. The summed E-state index contributed by atoms with van der Waals surface area (Å²) < 4.78 is 5.61. The summed E-state index contributed by atoms with van der Waals surface area (Å²) in [7, 11) is 2.05. The second kappa shape index (κ2) is 6.18. The van der Waals surface area contributed by atoms with E-state index in [1.54, 1.807) is 0 Å². The topological polar surface area (TPSA) is 21.3 Å². The number of benzene rings is 1. The molecule has 0 amide bonds. The zero-order chi connectivity index (χ0) is 12.1. The lowest BCUT2D eigenvalue weighted by Crippen LogP contribution is -2.34. The predicted molar refractivity (Wildman–Crippen MR) is 71.0 cm³/mol.